The molecule has 0 heterocycles. The molecule has 0 radical (unpaired) electrons. The van der Waals surface area contributed by atoms with E-state index in [1.54, 1.807) is 6.21 Å². The van der Waals surface area contributed by atoms with Gasteiger partial charge in [0.05, 0.1) is 6.21 Å². The van der Waals surface area contributed by atoms with Crippen LogP contribution in [0.15, 0.2) is 47.6 Å². The van der Waals surface area contributed by atoms with Gasteiger partial charge in [0.15, 0.2) is 0 Å². The maximum Gasteiger partial charge on any atom is 0.240 e. The number of benzene rings is 2. The highest BCUT2D eigenvalue weighted by atomic mass is 127. The van der Waals surface area contributed by atoms with E-state index < -0.39 is 0 Å². The molecule has 0 unspecified atom stereocenters. The van der Waals surface area contributed by atoms with E-state index in [1.807, 2.05) is 56.3 Å². The van der Waals surface area contributed by atoms with Gasteiger partial charge in [0.25, 0.3) is 0 Å². The van der Waals surface area contributed by atoms with Crippen molar-refractivity contribution in [2.75, 3.05) is 5.32 Å². The second-order valence-corrected chi connectivity index (χ2v) is 6.77. The minimum atomic E-state index is -0.293. The predicted octanol–water partition coefficient (Wildman–Crippen LogP) is 3.78. The minimum absolute atomic E-state index is 0.0833. The van der Waals surface area contributed by atoms with Crippen molar-refractivity contribution in [3.05, 3.63) is 62.7 Å². The molecule has 2 amide bonds. The summed E-state index contributed by atoms with van der Waals surface area (Å²) >= 11 is 2.20. The Morgan fingerprint density at radius 1 is 1.04 bits per heavy atom. The molecule has 2 aromatic rings. The fourth-order valence-electron chi connectivity index (χ4n) is 2.14. The number of carbonyl (C=O) groups is 2. The quantitative estimate of drug-likeness (QED) is 0.401. The van der Waals surface area contributed by atoms with Crippen LogP contribution in [0.4, 0.5) is 5.69 Å². The molecule has 6 heteroatoms. The average Bonchev–Trinajstić information content (AvgIpc) is 2.59. The van der Waals surface area contributed by atoms with Crippen molar-refractivity contribution in [1.29, 1.82) is 0 Å². The molecule has 2 aromatic carbocycles. The highest BCUT2D eigenvalue weighted by Crippen LogP contribution is 2.18. The van der Waals surface area contributed by atoms with Crippen molar-refractivity contribution in [3.63, 3.8) is 0 Å². The summed E-state index contributed by atoms with van der Waals surface area (Å²) in [4.78, 5) is 23.8. The zero-order chi connectivity index (χ0) is 18.2. The fraction of sp³-hybridized carbons (Fsp3) is 0.211. The van der Waals surface area contributed by atoms with Crippen molar-refractivity contribution in [2.45, 2.75) is 26.7 Å². The maximum atomic E-state index is 12.0. The fourth-order valence-corrected chi connectivity index (χ4v) is 2.66. The number of hydrazone groups is 1. The van der Waals surface area contributed by atoms with Crippen LogP contribution in [-0.2, 0) is 9.59 Å². The molecule has 0 aliphatic rings. The van der Waals surface area contributed by atoms with Crippen LogP contribution in [0.25, 0.3) is 0 Å². The van der Waals surface area contributed by atoms with Crippen LogP contribution in [0.2, 0.25) is 0 Å². The summed E-state index contributed by atoms with van der Waals surface area (Å²) in [5.41, 5.74) is 6.29. The molecule has 130 valence electrons. The first kappa shape index (κ1) is 19.1. The molecule has 0 aromatic heterocycles. The van der Waals surface area contributed by atoms with Gasteiger partial charge in [-0.1, -0.05) is 30.3 Å². The largest absolute Gasteiger partial charge is 0.326 e. The summed E-state index contributed by atoms with van der Waals surface area (Å²) in [5.74, 6) is -0.483. The summed E-state index contributed by atoms with van der Waals surface area (Å²) in [7, 11) is 0. The third kappa shape index (κ3) is 5.97. The molecule has 0 aliphatic heterocycles. The Bertz CT molecular complexity index is 803. The molecule has 0 saturated heterocycles. The molecule has 0 saturated carbocycles. The van der Waals surface area contributed by atoms with Gasteiger partial charge in [-0.15, -0.1) is 0 Å². The van der Waals surface area contributed by atoms with Gasteiger partial charge in [0, 0.05) is 27.7 Å². The number of amides is 2. The van der Waals surface area contributed by atoms with E-state index in [1.165, 1.54) is 0 Å². The Labute approximate surface area is 161 Å². The second kappa shape index (κ2) is 9.31. The van der Waals surface area contributed by atoms with E-state index in [4.69, 9.17) is 0 Å². The van der Waals surface area contributed by atoms with Crippen LogP contribution in [-0.4, -0.2) is 18.0 Å². The summed E-state index contributed by atoms with van der Waals surface area (Å²) in [5, 5.41) is 6.77. The maximum absolute atomic E-state index is 12.0. The van der Waals surface area contributed by atoms with Gasteiger partial charge in [0.2, 0.25) is 11.8 Å². The summed E-state index contributed by atoms with van der Waals surface area (Å²) < 4.78 is 1.05. The van der Waals surface area contributed by atoms with E-state index >= 15 is 0 Å². The number of hydrogen-bond donors (Lipinski definition) is 2. The molecule has 0 spiro atoms. The van der Waals surface area contributed by atoms with Gasteiger partial charge in [-0.25, -0.2) is 5.43 Å². The number of hydrogen-bond acceptors (Lipinski definition) is 3. The number of nitrogens with zero attached hydrogens (tertiary/aromatic N) is 1. The zero-order valence-electron chi connectivity index (χ0n) is 14.2. The molecular weight excluding hydrogens is 429 g/mol. The molecule has 25 heavy (non-hydrogen) atoms. The number of halogens is 1. The summed E-state index contributed by atoms with van der Waals surface area (Å²) in [6.45, 7) is 3.95. The van der Waals surface area contributed by atoms with Crippen molar-refractivity contribution in [3.8, 4) is 0 Å². The van der Waals surface area contributed by atoms with Gasteiger partial charge < -0.3 is 5.32 Å². The number of anilines is 1. The van der Waals surface area contributed by atoms with Gasteiger partial charge >= 0.3 is 0 Å². The van der Waals surface area contributed by atoms with Crippen LogP contribution in [0.1, 0.15) is 29.5 Å². The van der Waals surface area contributed by atoms with Crippen LogP contribution in [0, 0.1) is 17.4 Å². The third-order valence-electron chi connectivity index (χ3n) is 3.76. The Hall–Kier alpha value is -2.22. The number of rotatable bonds is 6. The van der Waals surface area contributed by atoms with Crippen LogP contribution >= 0.6 is 22.6 Å². The van der Waals surface area contributed by atoms with Crippen LogP contribution in [0.3, 0.4) is 0 Å². The van der Waals surface area contributed by atoms with Gasteiger partial charge in [0.1, 0.15) is 0 Å². The van der Waals surface area contributed by atoms with E-state index in [2.05, 4.69) is 38.4 Å². The molecular formula is C19H20IN3O2. The third-order valence-corrected chi connectivity index (χ3v) is 4.74. The van der Waals surface area contributed by atoms with Crippen molar-refractivity contribution in [1.82, 2.24) is 5.43 Å². The summed E-state index contributed by atoms with van der Waals surface area (Å²) in [6, 6.07) is 13.5. The normalized spacial score (nSPS) is 10.7. The molecule has 0 aliphatic carbocycles. The van der Waals surface area contributed by atoms with Gasteiger partial charge in [-0.05, 0) is 59.7 Å². The lowest BCUT2D eigenvalue weighted by atomic mass is 10.1. The first-order valence-corrected chi connectivity index (χ1v) is 8.97. The molecule has 0 fully saturated rings. The smallest absolute Gasteiger partial charge is 0.240 e. The average molecular weight is 449 g/mol. The van der Waals surface area contributed by atoms with E-state index in [0.29, 0.717) is 0 Å². The Balaban J connectivity index is 1.79. The molecule has 0 atom stereocenters. The Morgan fingerprint density at radius 2 is 1.76 bits per heavy atom. The Morgan fingerprint density at radius 3 is 2.52 bits per heavy atom. The molecule has 2 rings (SSSR count). The Kier molecular flexibility index (Phi) is 7.12. The highest BCUT2D eigenvalue weighted by Gasteiger charge is 2.08. The van der Waals surface area contributed by atoms with Crippen LogP contribution in [0.5, 0.6) is 0 Å². The predicted molar refractivity (Wildman–Crippen MR) is 109 cm³/mol. The van der Waals surface area contributed by atoms with Gasteiger partial charge in [-0.2, -0.15) is 5.10 Å². The minimum Gasteiger partial charge on any atom is -0.326 e. The van der Waals surface area contributed by atoms with E-state index in [-0.39, 0.29) is 24.7 Å². The first-order valence-electron chi connectivity index (χ1n) is 7.90. The number of aryl methyl sites for hydroxylation is 1. The molecule has 2 N–H and O–H groups in total. The lowest BCUT2D eigenvalue weighted by Gasteiger charge is -2.10. The van der Waals surface area contributed by atoms with Crippen molar-refractivity contribution < 1.29 is 9.59 Å². The van der Waals surface area contributed by atoms with Gasteiger partial charge in [-0.3, -0.25) is 9.59 Å². The van der Waals surface area contributed by atoms with Crippen molar-refractivity contribution in [2.24, 2.45) is 5.10 Å². The second-order valence-electron chi connectivity index (χ2n) is 5.61. The lowest BCUT2D eigenvalue weighted by molar-refractivity contribution is -0.124. The highest BCUT2D eigenvalue weighted by molar-refractivity contribution is 14.1. The van der Waals surface area contributed by atoms with E-state index in [0.717, 1.165) is 25.9 Å². The number of carbonyl (C=O) groups excluding carboxylic acids is 2. The summed E-state index contributed by atoms with van der Waals surface area (Å²) in [6.07, 6.45) is 1.79. The topological polar surface area (TPSA) is 70.6 Å². The van der Waals surface area contributed by atoms with Crippen LogP contribution < -0.4 is 10.7 Å². The monoisotopic (exact) mass is 449 g/mol. The first-order chi connectivity index (χ1) is 12.0. The standard InChI is InChI=1S/C19H20IN3O2/c1-13-6-5-9-17(14(13)2)22-18(24)10-11-19(25)23-21-12-15-7-3-4-8-16(15)20/h3-9,12H,10-11H2,1-2H3,(H,22,24)(H,23,25)/b21-12+. The zero-order valence-corrected chi connectivity index (χ0v) is 16.3. The molecule has 5 nitrogen and oxygen atoms in total. The van der Waals surface area contributed by atoms with E-state index in [9.17, 15) is 9.59 Å². The molecule has 0 bridgehead atoms. The lowest BCUT2D eigenvalue weighted by Crippen LogP contribution is -2.21. The van der Waals surface area contributed by atoms with Crippen molar-refractivity contribution >= 4 is 46.3 Å². The SMILES string of the molecule is Cc1cccc(NC(=O)CCC(=O)N/N=C/c2ccccc2I)c1C. The number of nitrogens with one attached hydrogen (secondary N) is 2.